The maximum atomic E-state index is 9.09. The van der Waals surface area contributed by atoms with E-state index in [1.165, 1.54) is 0 Å². The number of anilines is 1. The van der Waals surface area contributed by atoms with E-state index in [1.54, 1.807) is 6.20 Å². The molecule has 0 aliphatic rings. The van der Waals surface area contributed by atoms with Crippen LogP contribution in [0, 0.1) is 18.3 Å². The highest BCUT2D eigenvalue weighted by Gasteiger charge is 2.07. The molecule has 0 atom stereocenters. The van der Waals surface area contributed by atoms with Gasteiger partial charge in [0.1, 0.15) is 11.6 Å². The summed E-state index contributed by atoms with van der Waals surface area (Å²) < 4.78 is 1.84. The van der Waals surface area contributed by atoms with Crippen molar-refractivity contribution in [2.24, 2.45) is 7.05 Å². The Labute approximate surface area is 120 Å². The van der Waals surface area contributed by atoms with Crippen molar-refractivity contribution in [3.05, 3.63) is 35.9 Å². The second kappa shape index (κ2) is 5.05. The molecule has 3 rings (SSSR count). The minimum atomic E-state index is 0.250. The Morgan fingerprint density at radius 1 is 1.48 bits per heavy atom. The van der Waals surface area contributed by atoms with Crippen molar-refractivity contribution in [3.8, 4) is 6.07 Å². The van der Waals surface area contributed by atoms with Gasteiger partial charge < -0.3 is 5.32 Å². The first kappa shape index (κ1) is 12.8. The van der Waals surface area contributed by atoms with Gasteiger partial charge in [-0.15, -0.1) is 10.2 Å². The molecule has 0 fully saturated rings. The second-order valence-corrected chi connectivity index (χ2v) is 4.49. The molecule has 0 spiro atoms. The van der Waals surface area contributed by atoms with Gasteiger partial charge in [-0.1, -0.05) is 0 Å². The summed E-state index contributed by atoms with van der Waals surface area (Å²) in [5.41, 5.74) is 3.13. The Hall–Kier alpha value is -3.21. The maximum Gasteiger partial charge on any atom is 0.216 e. The van der Waals surface area contributed by atoms with Crippen LogP contribution in [-0.2, 0) is 7.05 Å². The molecule has 0 saturated heterocycles. The van der Waals surface area contributed by atoms with Crippen LogP contribution >= 0.6 is 0 Å². The first-order chi connectivity index (χ1) is 10.2. The predicted octanol–water partition coefficient (Wildman–Crippen LogP) is 1.37. The van der Waals surface area contributed by atoms with E-state index >= 15 is 0 Å². The predicted molar refractivity (Wildman–Crippen MR) is 76.8 cm³/mol. The molecular formula is C13H12N8. The summed E-state index contributed by atoms with van der Waals surface area (Å²) in [6.07, 6.45) is 1.54. The number of fused-ring (bicyclic) bond motifs is 1. The highest BCUT2D eigenvalue weighted by atomic mass is 15.5. The number of allylic oxidation sites excluding steroid dienone is 1. The molecular weight excluding hydrogens is 268 g/mol. The minimum Gasteiger partial charge on any atom is -0.360 e. The van der Waals surface area contributed by atoms with Crippen LogP contribution in [-0.4, -0.2) is 30.4 Å². The fourth-order valence-electron chi connectivity index (χ4n) is 2.00. The molecule has 1 aromatic carbocycles. The SMILES string of the molecule is Cc1c2ccc(NC=C(C#N)c3nn[nH]n3)cc2nn1C. The topological polar surface area (TPSA) is 108 Å². The van der Waals surface area contributed by atoms with Crippen LogP contribution in [0.15, 0.2) is 24.4 Å². The van der Waals surface area contributed by atoms with Crippen LogP contribution < -0.4 is 5.32 Å². The van der Waals surface area contributed by atoms with Crippen LogP contribution in [0.25, 0.3) is 16.5 Å². The number of nitrogens with one attached hydrogen (secondary N) is 2. The van der Waals surface area contributed by atoms with Gasteiger partial charge in [-0.25, -0.2) is 0 Å². The first-order valence-electron chi connectivity index (χ1n) is 6.23. The van der Waals surface area contributed by atoms with Gasteiger partial charge in [-0.05, 0) is 30.3 Å². The number of nitriles is 1. The average Bonchev–Trinajstić information content (AvgIpc) is 3.10. The number of aromatic amines is 1. The Morgan fingerprint density at radius 3 is 3.05 bits per heavy atom. The Kier molecular flexibility index (Phi) is 3.08. The van der Waals surface area contributed by atoms with Crippen LogP contribution in [0.2, 0.25) is 0 Å². The van der Waals surface area contributed by atoms with Gasteiger partial charge in [0.15, 0.2) is 0 Å². The summed E-state index contributed by atoms with van der Waals surface area (Å²) in [5.74, 6) is 0.250. The highest BCUT2D eigenvalue weighted by Crippen LogP contribution is 2.21. The number of tetrazole rings is 1. The summed E-state index contributed by atoms with van der Waals surface area (Å²) in [6, 6.07) is 7.86. The third-order valence-electron chi connectivity index (χ3n) is 3.22. The monoisotopic (exact) mass is 280 g/mol. The molecule has 8 heteroatoms. The highest BCUT2D eigenvalue weighted by molar-refractivity contribution is 5.85. The lowest BCUT2D eigenvalue weighted by Gasteiger charge is -2.01. The molecule has 0 aliphatic heterocycles. The zero-order chi connectivity index (χ0) is 14.8. The van der Waals surface area contributed by atoms with Gasteiger partial charge in [-0.3, -0.25) is 4.68 Å². The molecule has 21 heavy (non-hydrogen) atoms. The molecule has 104 valence electrons. The van der Waals surface area contributed by atoms with Gasteiger partial charge in [0.25, 0.3) is 0 Å². The van der Waals surface area contributed by atoms with E-state index in [4.69, 9.17) is 5.26 Å². The fourth-order valence-corrected chi connectivity index (χ4v) is 2.00. The number of benzene rings is 1. The third-order valence-corrected chi connectivity index (χ3v) is 3.22. The van der Waals surface area contributed by atoms with E-state index in [0.29, 0.717) is 5.57 Å². The number of aryl methyl sites for hydroxylation is 2. The van der Waals surface area contributed by atoms with Crippen LogP contribution in [0.1, 0.15) is 11.5 Å². The zero-order valence-electron chi connectivity index (χ0n) is 11.5. The molecule has 2 N–H and O–H groups in total. The molecule has 2 aromatic heterocycles. The lowest BCUT2D eigenvalue weighted by atomic mass is 10.2. The van der Waals surface area contributed by atoms with Gasteiger partial charge in [0, 0.05) is 30.0 Å². The molecule has 8 nitrogen and oxygen atoms in total. The molecule has 0 unspecified atom stereocenters. The average molecular weight is 280 g/mol. The van der Waals surface area contributed by atoms with E-state index in [0.717, 1.165) is 22.3 Å². The van der Waals surface area contributed by atoms with Crippen molar-refractivity contribution in [2.45, 2.75) is 6.92 Å². The number of H-pyrrole nitrogens is 1. The minimum absolute atomic E-state index is 0.250. The van der Waals surface area contributed by atoms with Crippen LogP contribution in [0.5, 0.6) is 0 Å². The summed E-state index contributed by atoms with van der Waals surface area (Å²) in [7, 11) is 1.91. The Bertz CT molecular complexity index is 850. The Balaban J connectivity index is 1.90. The van der Waals surface area contributed by atoms with E-state index in [2.05, 4.69) is 31.0 Å². The van der Waals surface area contributed by atoms with Crippen molar-refractivity contribution in [1.82, 2.24) is 30.4 Å². The lowest BCUT2D eigenvalue weighted by Crippen LogP contribution is -1.93. The van der Waals surface area contributed by atoms with Gasteiger partial charge in [0.05, 0.1) is 5.52 Å². The van der Waals surface area contributed by atoms with Gasteiger partial charge in [-0.2, -0.15) is 15.6 Å². The molecule has 0 radical (unpaired) electrons. The molecule has 0 aliphatic carbocycles. The summed E-state index contributed by atoms with van der Waals surface area (Å²) >= 11 is 0. The summed E-state index contributed by atoms with van der Waals surface area (Å²) in [5, 5.41) is 31.0. The molecule has 0 amide bonds. The smallest absolute Gasteiger partial charge is 0.216 e. The van der Waals surface area contributed by atoms with Crippen molar-refractivity contribution in [2.75, 3.05) is 5.32 Å². The van der Waals surface area contributed by atoms with Gasteiger partial charge in [0.2, 0.25) is 5.82 Å². The number of hydrogen-bond donors (Lipinski definition) is 2. The van der Waals surface area contributed by atoms with Crippen molar-refractivity contribution >= 4 is 22.2 Å². The largest absolute Gasteiger partial charge is 0.360 e. The standard InChI is InChI=1S/C13H12N8/c1-8-11-4-3-10(5-12(11)18-21(8)2)15-7-9(6-14)13-16-19-20-17-13/h3-5,7,15H,1-2H3,(H,16,17,19,20). The lowest BCUT2D eigenvalue weighted by molar-refractivity contribution is 0.751. The first-order valence-corrected chi connectivity index (χ1v) is 6.23. The van der Waals surface area contributed by atoms with E-state index < -0.39 is 0 Å². The van der Waals surface area contributed by atoms with Crippen LogP contribution in [0.3, 0.4) is 0 Å². The third kappa shape index (κ3) is 2.32. The summed E-state index contributed by atoms with van der Waals surface area (Å²) in [6.45, 7) is 2.02. The van der Waals surface area contributed by atoms with E-state index in [1.807, 2.05) is 42.9 Å². The molecule has 0 saturated carbocycles. The molecule has 3 aromatic rings. The van der Waals surface area contributed by atoms with Crippen molar-refractivity contribution < 1.29 is 0 Å². The maximum absolute atomic E-state index is 9.09. The van der Waals surface area contributed by atoms with E-state index in [9.17, 15) is 0 Å². The second-order valence-electron chi connectivity index (χ2n) is 4.49. The summed E-state index contributed by atoms with van der Waals surface area (Å²) in [4.78, 5) is 0. The van der Waals surface area contributed by atoms with Gasteiger partial charge >= 0.3 is 0 Å². The quantitative estimate of drug-likeness (QED) is 0.701. The van der Waals surface area contributed by atoms with Crippen molar-refractivity contribution in [1.29, 1.82) is 5.26 Å². The number of rotatable bonds is 3. The fraction of sp³-hybridized carbons (Fsp3) is 0.154. The molecule has 2 heterocycles. The van der Waals surface area contributed by atoms with E-state index in [-0.39, 0.29) is 5.82 Å². The Morgan fingerprint density at radius 2 is 2.33 bits per heavy atom. The normalized spacial score (nSPS) is 11.6. The number of aromatic nitrogens is 6. The molecule has 0 bridgehead atoms. The number of hydrogen-bond acceptors (Lipinski definition) is 6. The number of nitrogens with zero attached hydrogens (tertiary/aromatic N) is 6. The van der Waals surface area contributed by atoms with Crippen LogP contribution in [0.4, 0.5) is 5.69 Å². The zero-order valence-corrected chi connectivity index (χ0v) is 11.5. The van der Waals surface area contributed by atoms with Crippen molar-refractivity contribution in [3.63, 3.8) is 0 Å².